The summed E-state index contributed by atoms with van der Waals surface area (Å²) in [5.74, 6) is 0. The number of hydrogen-bond acceptors (Lipinski definition) is 1. The second-order valence-corrected chi connectivity index (χ2v) is 5.35. The Morgan fingerprint density at radius 3 is 2.47 bits per heavy atom. The zero-order valence-electron chi connectivity index (χ0n) is 12.3. The number of pyridine rings is 1. The number of rotatable bonds is 7. The largest absolute Gasteiger partial charge is 0.253 e. The molecule has 1 aromatic heterocycles. The third-order valence-electron chi connectivity index (χ3n) is 3.71. The third-order valence-corrected chi connectivity index (χ3v) is 3.71. The van der Waals surface area contributed by atoms with E-state index in [1.54, 1.807) is 0 Å². The topological polar surface area (TPSA) is 12.9 Å². The first-order chi connectivity index (χ1) is 9.35. The summed E-state index contributed by atoms with van der Waals surface area (Å²) in [6.07, 6.45) is 8.68. The van der Waals surface area contributed by atoms with Crippen molar-refractivity contribution in [2.45, 2.75) is 58.8 Å². The minimum Gasteiger partial charge on any atom is -0.253 e. The summed E-state index contributed by atoms with van der Waals surface area (Å²) >= 11 is 0. The van der Waals surface area contributed by atoms with Crippen LogP contribution in [0.1, 0.15) is 57.2 Å². The lowest BCUT2D eigenvalue weighted by Gasteiger charge is -2.10. The molecule has 1 heteroatoms. The molecule has 0 amide bonds. The Labute approximate surface area is 117 Å². The number of para-hydroxylation sites is 1. The van der Waals surface area contributed by atoms with Gasteiger partial charge in [0.15, 0.2) is 0 Å². The molecule has 0 aliphatic carbocycles. The summed E-state index contributed by atoms with van der Waals surface area (Å²) in [6, 6.07) is 10.8. The number of aryl methyl sites for hydroxylation is 2. The van der Waals surface area contributed by atoms with E-state index in [1.165, 1.54) is 55.2 Å². The maximum absolute atomic E-state index is 4.90. The van der Waals surface area contributed by atoms with Crippen LogP contribution in [-0.2, 0) is 12.8 Å². The van der Waals surface area contributed by atoms with Gasteiger partial charge in [0.1, 0.15) is 0 Å². The fourth-order valence-corrected chi connectivity index (χ4v) is 2.54. The summed E-state index contributed by atoms with van der Waals surface area (Å²) in [4.78, 5) is 4.90. The molecule has 0 aliphatic rings. The predicted molar refractivity (Wildman–Crippen MR) is 83.6 cm³/mol. The number of fused-ring (bicyclic) bond motifs is 1. The molecular formula is C18H25N. The van der Waals surface area contributed by atoms with Gasteiger partial charge in [-0.25, -0.2) is 0 Å². The highest BCUT2D eigenvalue weighted by molar-refractivity contribution is 5.79. The van der Waals surface area contributed by atoms with Gasteiger partial charge in [0.25, 0.3) is 0 Å². The first-order valence-electron chi connectivity index (χ1n) is 7.72. The van der Waals surface area contributed by atoms with Gasteiger partial charge in [-0.05, 0) is 43.4 Å². The molecule has 0 spiro atoms. The number of unbranched alkanes of at least 4 members (excludes halogenated alkanes) is 3. The summed E-state index contributed by atoms with van der Waals surface area (Å²) in [7, 11) is 0. The van der Waals surface area contributed by atoms with Gasteiger partial charge in [-0.3, -0.25) is 4.98 Å². The van der Waals surface area contributed by atoms with Crippen LogP contribution in [0.4, 0.5) is 0 Å². The molecular weight excluding hydrogens is 230 g/mol. The van der Waals surface area contributed by atoms with Crippen LogP contribution in [0.15, 0.2) is 30.3 Å². The van der Waals surface area contributed by atoms with Crippen molar-refractivity contribution in [1.29, 1.82) is 0 Å². The monoisotopic (exact) mass is 255 g/mol. The van der Waals surface area contributed by atoms with Crippen molar-refractivity contribution in [2.75, 3.05) is 0 Å². The highest BCUT2D eigenvalue weighted by Crippen LogP contribution is 2.20. The molecule has 102 valence electrons. The summed E-state index contributed by atoms with van der Waals surface area (Å²) in [5.41, 5.74) is 3.95. The molecule has 19 heavy (non-hydrogen) atoms. The van der Waals surface area contributed by atoms with Gasteiger partial charge in [-0.2, -0.15) is 0 Å². The lowest BCUT2D eigenvalue weighted by molar-refractivity contribution is 0.697. The molecule has 0 aliphatic heterocycles. The second-order valence-electron chi connectivity index (χ2n) is 5.35. The first kappa shape index (κ1) is 14.0. The summed E-state index contributed by atoms with van der Waals surface area (Å²) in [6.45, 7) is 4.51. The fraction of sp³-hybridized carbons (Fsp3) is 0.500. The van der Waals surface area contributed by atoms with Crippen molar-refractivity contribution in [3.05, 3.63) is 41.6 Å². The van der Waals surface area contributed by atoms with Gasteiger partial charge in [0, 0.05) is 11.1 Å². The van der Waals surface area contributed by atoms with Gasteiger partial charge in [-0.1, -0.05) is 51.3 Å². The zero-order valence-corrected chi connectivity index (χ0v) is 12.3. The molecule has 0 saturated carbocycles. The fourth-order valence-electron chi connectivity index (χ4n) is 2.54. The van der Waals surface area contributed by atoms with Crippen LogP contribution in [0.2, 0.25) is 0 Å². The molecule has 0 saturated heterocycles. The number of nitrogens with zero attached hydrogens (tertiary/aromatic N) is 1. The molecule has 0 fully saturated rings. The normalized spacial score (nSPS) is 11.1. The van der Waals surface area contributed by atoms with Gasteiger partial charge in [-0.15, -0.1) is 0 Å². The Morgan fingerprint density at radius 2 is 1.68 bits per heavy atom. The van der Waals surface area contributed by atoms with Crippen molar-refractivity contribution < 1.29 is 0 Å². The van der Waals surface area contributed by atoms with Gasteiger partial charge < -0.3 is 0 Å². The van der Waals surface area contributed by atoms with E-state index in [2.05, 4.69) is 44.2 Å². The minimum absolute atomic E-state index is 1.14. The van der Waals surface area contributed by atoms with E-state index in [-0.39, 0.29) is 0 Å². The summed E-state index contributed by atoms with van der Waals surface area (Å²) in [5, 5.41) is 1.29. The van der Waals surface area contributed by atoms with E-state index in [1.807, 2.05) is 0 Å². The van der Waals surface area contributed by atoms with Crippen LogP contribution in [0.25, 0.3) is 10.9 Å². The standard InChI is InChI=1S/C18H25N/c1-3-5-7-12-17-15(10-6-4-2)14-16-11-8-9-13-18(16)19-17/h8-9,11,13-14H,3-7,10,12H2,1-2H3. The molecule has 0 unspecified atom stereocenters. The average molecular weight is 255 g/mol. The van der Waals surface area contributed by atoms with Crippen molar-refractivity contribution >= 4 is 10.9 Å². The van der Waals surface area contributed by atoms with Crippen LogP contribution >= 0.6 is 0 Å². The molecule has 2 rings (SSSR count). The SMILES string of the molecule is CCCCCc1nc2ccccc2cc1CCCC. The van der Waals surface area contributed by atoms with Crippen molar-refractivity contribution in [3.8, 4) is 0 Å². The highest BCUT2D eigenvalue weighted by Gasteiger charge is 2.06. The summed E-state index contributed by atoms with van der Waals surface area (Å²) < 4.78 is 0. The lowest BCUT2D eigenvalue weighted by Crippen LogP contribution is -1.99. The van der Waals surface area contributed by atoms with E-state index in [0.717, 1.165) is 11.9 Å². The molecule has 0 atom stereocenters. The van der Waals surface area contributed by atoms with Crippen molar-refractivity contribution in [2.24, 2.45) is 0 Å². The highest BCUT2D eigenvalue weighted by atomic mass is 14.7. The van der Waals surface area contributed by atoms with Crippen LogP contribution in [0.3, 0.4) is 0 Å². The Bertz CT molecular complexity index is 516. The van der Waals surface area contributed by atoms with E-state index in [4.69, 9.17) is 4.98 Å². The third kappa shape index (κ3) is 3.79. The van der Waals surface area contributed by atoms with E-state index in [0.29, 0.717) is 0 Å². The average Bonchev–Trinajstić information content (AvgIpc) is 2.45. The molecule has 1 nitrogen and oxygen atoms in total. The van der Waals surface area contributed by atoms with Crippen LogP contribution < -0.4 is 0 Å². The lowest BCUT2D eigenvalue weighted by atomic mass is 10.0. The van der Waals surface area contributed by atoms with Crippen LogP contribution in [-0.4, -0.2) is 4.98 Å². The van der Waals surface area contributed by atoms with Crippen LogP contribution in [0.5, 0.6) is 0 Å². The molecule has 1 heterocycles. The molecule has 1 aromatic carbocycles. The Hall–Kier alpha value is -1.37. The van der Waals surface area contributed by atoms with E-state index in [9.17, 15) is 0 Å². The van der Waals surface area contributed by atoms with E-state index < -0.39 is 0 Å². The Kier molecular flexibility index (Phi) is 5.38. The molecule has 0 radical (unpaired) electrons. The van der Waals surface area contributed by atoms with Crippen molar-refractivity contribution in [3.63, 3.8) is 0 Å². The minimum atomic E-state index is 1.14. The van der Waals surface area contributed by atoms with Gasteiger partial charge >= 0.3 is 0 Å². The zero-order chi connectivity index (χ0) is 13.5. The number of aromatic nitrogens is 1. The molecule has 2 aromatic rings. The second kappa shape index (κ2) is 7.28. The number of hydrogen-bond donors (Lipinski definition) is 0. The smallest absolute Gasteiger partial charge is 0.0705 e. The Morgan fingerprint density at radius 1 is 0.895 bits per heavy atom. The maximum atomic E-state index is 4.90. The van der Waals surface area contributed by atoms with Gasteiger partial charge in [0.2, 0.25) is 0 Å². The number of benzene rings is 1. The Balaban J connectivity index is 2.27. The quantitative estimate of drug-likeness (QED) is 0.611. The molecule has 0 bridgehead atoms. The predicted octanol–water partition coefficient (Wildman–Crippen LogP) is 5.31. The van der Waals surface area contributed by atoms with E-state index >= 15 is 0 Å². The first-order valence-corrected chi connectivity index (χ1v) is 7.72. The molecule has 0 N–H and O–H groups in total. The van der Waals surface area contributed by atoms with Crippen molar-refractivity contribution in [1.82, 2.24) is 4.98 Å². The maximum Gasteiger partial charge on any atom is 0.0705 e. The van der Waals surface area contributed by atoms with Gasteiger partial charge in [0.05, 0.1) is 5.52 Å². The van der Waals surface area contributed by atoms with Crippen LogP contribution in [0, 0.1) is 0 Å².